The fourth-order valence-corrected chi connectivity index (χ4v) is 4.09. The molecule has 4 aromatic rings. The lowest BCUT2D eigenvalue weighted by atomic mass is 9.75. The lowest BCUT2D eigenvalue weighted by Crippen LogP contribution is -2.37. The van der Waals surface area contributed by atoms with Gasteiger partial charge in [-0.05, 0) is 30.5 Å². The number of aryl methyl sites for hydroxylation is 1. The number of rotatable bonds is 7. The highest BCUT2D eigenvalue weighted by Gasteiger charge is 2.39. The third-order valence-electron chi connectivity index (χ3n) is 5.49. The molecule has 0 radical (unpaired) electrons. The lowest BCUT2D eigenvalue weighted by molar-refractivity contribution is 0.513. The Morgan fingerprint density at radius 3 is 2.03 bits per heavy atom. The molecule has 2 heterocycles. The Kier molecular flexibility index (Phi) is 6.22. The molecule has 0 spiro atoms. The first-order valence-corrected chi connectivity index (χ1v) is 10.6. The molecule has 0 aliphatic carbocycles. The molecule has 0 N–H and O–H groups in total. The van der Waals surface area contributed by atoms with Crippen molar-refractivity contribution >= 4 is 0 Å². The van der Waals surface area contributed by atoms with Gasteiger partial charge in [0.25, 0.3) is 0 Å². The maximum absolute atomic E-state index is 4.74. The van der Waals surface area contributed by atoms with Gasteiger partial charge < -0.3 is 4.57 Å². The highest BCUT2D eigenvalue weighted by atomic mass is 15.1. The van der Waals surface area contributed by atoms with Crippen LogP contribution >= 0.6 is 0 Å². The maximum atomic E-state index is 4.74. The zero-order valence-electron chi connectivity index (χ0n) is 18.4. The summed E-state index contributed by atoms with van der Waals surface area (Å²) in [6.45, 7) is 7.89. The van der Waals surface area contributed by atoms with E-state index in [4.69, 9.17) is 4.98 Å². The van der Waals surface area contributed by atoms with Gasteiger partial charge >= 0.3 is 0 Å². The van der Waals surface area contributed by atoms with Crippen LogP contribution in [0.3, 0.4) is 0 Å². The van der Waals surface area contributed by atoms with Crippen LogP contribution < -0.4 is 0 Å². The minimum atomic E-state index is -0.639. The van der Waals surface area contributed by atoms with Crippen molar-refractivity contribution in [3.63, 3.8) is 0 Å². The molecule has 0 amide bonds. The van der Waals surface area contributed by atoms with E-state index in [2.05, 4.69) is 94.1 Å². The molecule has 0 saturated carbocycles. The van der Waals surface area contributed by atoms with Gasteiger partial charge in [0, 0.05) is 24.2 Å². The van der Waals surface area contributed by atoms with Crippen molar-refractivity contribution in [2.24, 2.45) is 0 Å². The Morgan fingerprint density at radius 2 is 1.50 bits per heavy atom. The zero-order chi connectivity index (χ0) is 22.4. The average Bonchev–Trinajstić information content (AvgIpc) is 3.32. The quantitative estimate of drug-likeness (QED) is 0.339. The van der Waals surface area contributed by atoms with Crippen LogP contribution in [0.5, 0.6) is 0 Å². The number of imidazole rings is 1. The van der Waals surface area contributed by atoms with Gasteiger partial charge in [-0.15, -0.1) is 0 Å². The van der Waals surface area contributed by atoms with Crippen LogP contribution in [0.2, 0.25) is 0 Å². The number of hydrogen-bond donors (Lipinski definition) is 0. The lowest BCUT2D eigenvalue weighted by Gasteiger charge is -2.38. The predicted molar refractivity (Wildman–Crippen MR) is 130 cm³/mol. The molecular formula is C28H26N4. The second-order valence-electron chi connectivity index (χ2n) is 7.49. The molecule has 0 unspecified atom stereocenters. The summed E-state index contributed by atoms with van der Waals surface area (Å²) in [6, 6.07) is 21.0. The van der Waals surface area contributed by atoms with Gasteiger partial charge in [0.05, 0.1) is 12.0 Å². The van der Waals surface area contributed by atoms with Crippen LogP contribution in [-0.2, 0) is 5.54 Å². The van der Waals surface area contributed by atoms with Gasteiger partial charge in [-0.3, -0.25) is 0 Å². The Hall–Kier alpha value is -4.05. The van der Waals surface area contributed by atoms with Crippen molar-refractivity contribution in [1.82, 2.24) is 19.5 Å². The van der Waals surface area contributed by atoms with Crippen molar-refractivity contribution in [2.45, 2.75) is 19.4 Å². The van der Waals surface area contributed by atoms with Gasteiger partial charge in [-0.2, -0.15) is 0 Å². The van der Waals surface area contributed by atoms with Crippen molar-refractivity contribution in [1.29, 1.82) is 0 Å². The highest BCUT2D eigenvalue weighted by Crippen LogP contribution is 2.42. The third kappa shape index (κ3) is 3.83. The molecule has 4 nitrogen and oxygen atoms in total. The SMILES string of the molecule is C=C/C=C(\C=C/C)C(c1ccccc1)(c1ccccc1)n1cnc(-c2cnc(C)nc2)c1. The number of allylic oxidation sites excluding steroid dienone is 5. The smallest absolute Gasteiger partial charge is 0.125 e. The van der Waals surface area contributed by atoms with E-state index in [9.17, 15) is 0 Å². The molecule has 0 fully saturated rings. The van der Waals surface area contributed by atoms with Crippen LogP contribution in [0, 0.1) is 6.92 Å². The number of benzene rings is 2. The van der Waals surface area contributed by atoms with Crippen molar-refractivity contribution in [3.8, 4) is 11.3 Å². The van der Waals surface area contributed by atoms with E-state index < -0.39 is 5.54 Å². The first kappa shape index (κ1) is 21.2. The minimum absolute atomic E-state index is 0.639. The molecule has 0 saturated heterocycles. The summed E-state index contributed by atoms with van der Waals surface area (Å²) >= 11 is 0. The van der Waals surface area contributed by atoms with Gasteiger partial charge in [0.2, 0.25) is 0 Å². The summed E-state index contributed by atoms with van der Waals surface area (Å²) in [4.78, 5) is 13.4. The molecule has 0 aliphatic heterocycles. The minimum Gasteiger partial charge on any atom is -0.318 e. The molecule has 0 aliphatic rings. The molecule has 2 aromatic carbocycles. The average molecular weight is 419 g/mol. The van der Waals surface area contributed by atoms with E-state index in [0.29, 0.717) is 0 Å². The van der Waals surface area contributed by atoms with Crippen LogP contribution in [0.25, 0.3) is 11.3 Å². The Morgan fingerprint density at radius 1 is 0.906 bits per heavy atom. The Bertz CT molecular complexity index is 1190. The molecule has 2 aromatic heterocycles. The second-order valence-corrected chi connectivity index (χ2v) is 7.49. The Balaban J connectivity index is 2.04. The van der Waals surface area contributed by atoms with Crippen LogP contribution in [0.4, 0.5) is 0 Å². The molecule has 0 bridgehead atoms. The monoisotopic (exact) mass is 418 g/mol. The van der Waals surface area contributed by atoms with Gasteiger partial charge in [-0.1, -0.05) is 91.5 Å². The summed E-state index contributed by atoms with van der Waals surface area (Å²) in [7, 11) is 0. The first-order valence-electron chi connectivity index (χ1n) is 10.6. The Labute approximate surface area is 189 Å². The standard InChI is InChI=1S/C28H26N4/c1-4-12-24(13-5-2)28(25-14-8-6-9-15-25,26-16-10-7-11-17-26)32-20-27(31-21-32)23-18-29-22(3)30-19-23/h4-21H,1H2,2-3H3/b13-5-,24-12+. The summed E-state index contributed by atoms with van der Waals surface area (Å²) in [6.07, 6.45) is 15.7. The number of nitrogens with zero attached hydrogens (tertiary/aromatic N) is 4. The maximum Gasteiger partial charge on any atom is 0.125 e. The molecule has 0 atom stereocenters. The normalized spacial score (nSPS) is 12.2. The second kappa shape index (κ2) is 9.40. The summed E-state index contributed by atoms with van der Waals surface area (Å²) in [5.41, 5.74) is 4.39. The largest absolute Gasteiger partial charge is 0.318 e. The molecule has 4 rings (SSSR count). The van der Waals surface area contributed by atoms with Gasteiger partial charge in [0.15, 0.2) is 0 Å². The van der Waals surface area contributed by atoms with E-state index >= 15 is 0 Å². The van der Waals surface area contributed by atoms with Crippen molar-refractivity contribution < 1.29 is 0 Å². The van der Waals surface area contributed by atoms with Crippen molar-refractivity contribution in [3.05, 3.63) is 139 Å². The number of aromatic nitrogens is 4. The van der Waals surface area contributed by atoms with Crippen LogP contribution in [0.1, 0.15) is 23.9 Å². The molecule has 32 heavy (non-hydrogen) atoms. The highest BCUT2D eigenvalue weighted by molar-refractivity contribution is 5.58. The van der Waals surface area contributed by atoms with Gasteiger partial charge in [-0.25, -0.2) is 15.0 Å². The van der Waals surface area contributed by atoms with E-state index in [1.807, 2.05) is 50.8 Å². The van der Waals surface area contributed by atoms with Crippen molar-refractivity contribution in [2.75, 3.05) is 0 Å². The summed E-state index contributed by atoms with van der Waals surface area (Å²) in [5.74, 6) is 0.736. The van der Waals surface area contributed by atoms with Crippen LogP contribution in [-0.4, -0.2) is 19.5 Å². The van der Waals surface area contributed by atoms with Gasteiger partial charge in [0.1, 0.15) is 11.4 Å². The zero-order valence-corrected chi connectivity index (χ0v) is 18.4. The van der Waals surface area contributed by atoms with E-state index in [0.717, 1.165) is 33.8 Å². The fourth-order valence-electron chi connectivity index (χ4n) is 4.09. The van der Waals surface area contributed by atoms with E-state index in [1.54, 1.807) is 0 Å². The summed E-state index contributed by atoms with van der Waals surface area (Å²) < 4.78 is 2.17. The molecule has 158 valence electrons. The van der Waals surface area contributed by atoms with E-state index in [1.165, 1.54) is 0 Å². The predicted octanol–water partition coefficient (Wildman–Crippen LogP) is 6.13. The number of hydrogen-bond acceptors (Lipinski definition) is 3. The topological polar surface area (TPSA) is 43.6 Å². The molecular weight excluding hydrogens is 392 g/mol. The first-order chi connectivity index (χ1) is 15.7. The molecule has 4 heteroatoms. The summed E-state index contributed by atoms with van der Waals surface area (Å²) in [5, 5.41) is 0. The fraction of sp³-hybridized carbons (Fsp3) is 0.107. The third-order valence-corrected chi connectivity index (χ3v) is 5.49. The van der Waals surface area contributed by atoms with E-state index in [-0.39, 0.29) is 0 Å². The van der Waals surface area contributed by atoms with Crippen LogP contribution in [0.15, 0.2) is 122 Å².